The van der Waals surface area contributed by atoms with E-state index < -0.39 is 5.82 Å². The number of hydrogen-bond acceptors (Lipinski definition) is 3. The first-order valence-corrected chi connectivity index (χ1v) is 8.70. The van der Waals surface area contributed by atoms with Crippen LogP contribution < -0.4 is 5.73 Å². The average Bonchev–Trinajstić information content (AvgIpc) is 2.90. The summed E-state index contributed by atoms with van der Waals surface area (Å²) < 4.78 is 13.9. The fourth-order valence-corrected chi connectivity index (χ4v) is 3.10. The molecule has 0 bridgehead atoms. The largest absolute Gasteiger partial charge is 0.399 e. The Bertz CT molecular complexity index is 798. The monoisotopic (exact) mass is 391 g/mol. The molecular formula is C20H23ClFN3O2. The van der Waals surface area contributed by atoms with Crippen LogP contribution >= 0.6 is 12.4 Å². The van der Waals surface area contributed by atoms with E-state index in [-0.39, 0.29) is 29.8 Å². The quantitative estimate of drug-likeness (QED) is 0.818. The van der Waals surface area contributed by atoms with Gasteiger partial charge >= 0.3 is 0 Å². The first-order valence-electron chi connectivity index (χ1n) is 8.70. The lowest BCUT2D eigenvalue weighted by atomic mass is 10.1. The van der Waals surface area contributed by atoms with Crippen LogP contribution in [0, 0.1) is 5.82 Å². The van der Waals surface area contributed by atoms with Crippen molar-refractivity contribution in [2.75, 3.05) is 31.9 Å². The number of nitrogens with two attached hydrogens (primary N) is 1. The number of carbonyl (C=O) groups is 2. The third-order valence-electron chi connectivity index (χ3n) is 4.58. The van der Waals surface area contributed by atoms with Crippen LogP contribution in [0.15, 0.2) is 48.5 Å². The van der Waals surface area contributed by atoms with Crippen LogP contribution in [0.4, 0.5) is 10.1 Å². The standard InChI is InChI=1S/C20H22FN3O2.ClH/c21-18-5-2-1-4-17(18)20(26)24-11-3-10-23(12-13-24)19(25)14-15-6-8-16(22)9-7-15;/h1-2,4-9H,3,10-14,22H2;1H. The highest BCUT2D eigenvalue weighted by Gasteiger charge is 2.24. The molecule has 0 aromatic heterocycles. The highest BCUT2D eigenvalue weighted by molar-refractivity contribution is 5.94. The lowest BCUT2D eigenvalue weighted by Crippen LogP contribution is -2.38. The summed E-state index contributed by atoms with van der Waals surface area (Å²) in [4.78, 5) is 28.5. The molecule has 1 aliphatic heterocycles. The molecule has 1 aliphatic rings. The van der Waals surface area contributed by atoms with Gasteiger partial charge in [0.25, 0.3) is 5.91 Å². The normalized spacial score (nSPS) is 14.3. The molecule has 0 spiro atoms. The van der Waals surface area contributed by atoms with Crippen molar-refractivity contribution in [3.8, 4) is 0 Å². The summed E-state index contributed by atoms with van der Waals surface area (Å²) in [6.45, 7) is 1.96. The second-order valence-corrected chi connectivity index (χ2v) is 6.42. The molecule has 2 N–H and O–H groups in total. The fraction of sp³-hybridized carbons (Fsp3) is 0.300. The molecule has 7 heteroatoms. The van der Waals surface area contributed by atoms with Gasteiger partial charge in [-0.3, -0.25) is 9.59 Å². The Morgan fingerprint density at radius 2 is 1.56 bits per heavy atom. The summed E-state index contributed by atoms with van der Waals surface area (Å²) in [5, 5.41) is 0. The smallest absolute Gasteiger partial charge is 0.256 e. The van der Waals surface area contributed by atoms with Crippen LogP contribution in [0.3, 0.4) is 0 Å². The van der Waals surface area contributed by atoms with Crippen LogP contribution in [-0.2, 0) is 11.2 Å². The molecule has 3 rings (SSSR count). The lowest BCUT2D eigenvalue weighted by molar-refractivity contribution is -0.130. The van der Waals surface area contributed by atoms with Gasteiger partial charge in [0.1, 0.15) is 5.82 Å². The van der Waals surface area contributed by atoms with Crippen molar-refractivity contribution in [3.05, 3.63) is 65.5 Å². The first-order chi connectivity index (χ1) is 12.5. The van der Waals surface area contributed by atoms with E-state index in [1.165, 1.54) is 12.1 Å². The SMILES string of the molecule is Cl.Nc1ccc(CC(=O)N2CCCN(C(=O)c3ccccc3F)CC2)cc1. The molecule has 1 heterocycles. The molecule has 2 amide bonds. The summed E-state index contributed by atoms with van der Waals surface area (Å²) in [5.41, 5.74) is 7.32. The van der Waals surface area contributed by atoms with Gasteiger partial charge in [-0.05, 0) is 36.2 Å². The van der Waals surface area contributed by atoms with Crippen molar-refractivity contribution in [3.63, 3.8) is 0 Å². The van der Waals surface area contributed by atoms with E-state index in [2.05, 4.69) is 0 Å². The van der Waals surface area contributed by atoms with Crippen LogP contribution in [0.5, 0.6) is 0 Å². The Morgan fingerprint density at radius 3 is 2.26 bits per heavy atom. The van der Waals surface area contributed by atoms with Gasteiger partial charge in [-0.2, -0.15) is 0 Å². The molecule has 5 nitrogen and oxygen atoms in total. The molecule has 0 radical (unpaired) electrons. The minimum absolute atomic E-state index is 0. The minimum Gasteiger partial charge on any atom is -0.399 e. The Balaban J connectivity index is 0.00000261. The predicted octanol–water partition coefficient (Wildman–Crippen LogP) is 2.75. The molecule has 0 atom stereocenters. The Labute approximate surface area is 164 Å². The summed E-state index contributed by atoms with van der Waals surface area (Å²) in [7, 11) is 0. The summed E-state index contributed by atoms with van der Waals surface area (Å²) in [6.07, 6.45) is 0.981. The topological polar surface area (TPSA) is 66.6 Å². The number of benzene rings is 2. The highest BCUT2D eigenvalue weighted by Crippen LogP contribution is 2.14. The lowest BCUT2D eigenvalue weighted by Gasteiger charge is -2.22. The first kappa shape index (κ1) is 20.7. The number of halogens is 2. The predicted molar refractivity (Wildman–Crippen MR) is 105 cm³/mol. The van der Waals surface area contributed by atoms with Crippen molar-refractivity contribution in [1.29, 1.82) is 0 Å². The zero-order chi connectivity index (χ0) is 18.5. The van der Waals surface area contributed by atoms with Crippen molar-refractivity contribution in [2.45, 2.75) is 12.8 Å². The van der Waals surface area contributed by atoms with E-state index in [4.69, 9.17) is 5.73 Å². The number of hydrogen-bond donors (Lipinski definition) is 1. The number of rotatable bonds is 3. The number of amides is 2. The molecule has 0 saturated carbocycles. The molecule has 2 aromatic rings. The van der Waals surface area contributed by atoms with Crippen molar-refractivity contribution in [1.82, 2.24) is 9.80 Å². The zero-order valence-electron chi connectivity index (χ0n) is 14.9. The Kier molecular flexibility index (Phi) is 7.19. The van der Waals surface area contributed by atoms with E-state index in [0.717, 1.165) is 5.56 Å². The fourth-order valence-electron chi connectivity index (χ4n) is 3.10. The van der Waals surface area contributed by atoms with Crippen LogP contribution in [0.2, 0.25) is 0 Å². The van der Waals surface area contributed by atoms with Gasteiger partial charge in [0, 0.05) is 31.9 Å². The highest BCUT2D eigenvalue weighted by atomic mass is 35.5. The maximum absolute atomic E-state index is 13.9. The summed E-state index contributed by atoms with van der Waals surface area (Å²) >= 11 is 0. The van der Waals surface area contributed by atoms with E-state index in [9.17, 15) is 14.0 Å². The molecular weight excluding hydrogens is 369 g/mol. The zero-order valence-corrected chi connectivity index (χ0v) is 15.8. The van der Waals surface area contributed by atoms with Gasteiger partial charge in [0.2, 0.25) is 5.91 Å². The average molecular weight is 392 g/mol. The van der Waals surface area contributed by atoms with E-state index in [1.807, 2.05) is 12.1 Å². The third kappa shape index (κ3) is 5.20. The number of anilines is 1. The van der Waals surface area contributed by atoms with Crippen LogP contribution in [-0.4, -0.2) is 47.8 Å². The van der Waals surface area contributed by atoms with Gasteiger partial charge in [-0.25, -0.2) is 4.39 Å². The summed E-state index contributed by atoms with van der Waals surface area (Å²) in [5.74, 6) is -0.816. The van der Waals surface area contributed by atoms with Gasteiger partial charge in [-0.1, -0.05) is 24.3 Å². The number of nitrogens with zero attached hydrogens (tertiary/aromatic N) is 2. The van der Waals surface area contributed by atoms with Crippen LogP contribution in [0.1, 0.15) is 22.3 Å². The molecule has 0 unspecified atom stereocenters. The molecule has 0 aliphatic carbocycles. The second kappa shape index (κ2) is 9.37. The molecule has 2 aromatic carbocycles. The summed E-state index contributed by atoms with van der Waals surface area (Å²) in [6, 6.07) is 13.2. The second-order valence-electron chi connectivity index (χ2n) is 6.42. The number of nitrogen functional groups attached to an aromatic ring is 1. The third-order valence-corrected chi connectivity index (χ3v) is 4.58. The van der Waals surface area contributed by atoms with Crippen molar-refractivity contribution < 1.29 is 14.0 Å². The molecule has 144 valence electrons. The minimum atomic E-state index is -0.516. The van der Waals surface area contributed by atoms with E-state index in [0.29, 0.717) is 44.7 Å². The van der Waals surface area contributed by atoms with Gasteiger partial charge in [0.05, 0.1) is 12.0 Å². The Hall–Kier alpha value is -2.60. The van der Waals surface area contributed by atoms with E-state index >= 15 is 0 Å². The van der Waals surface area contributed by atoms with Gasteiger partial charge in [0.15, 0.2) is 0 Å². The molecule has 1 fully saturated rings. The molecule has 1 saturated heterocycles. The number of carbonyl (C=O) groups excluding carboxylic acids is 2. The maximum Gasteiger partial charge on any atom is 0.256 e. The van der Waals surface area contributed by atoms with Crippen LogP contribution in [0.25, 0.3) is 0 Å². The van der Waals surface area contributed by atoms with E-state index in [1.54, 1.807) is 34.1 Å². The van der Waals surface area contributed by atoms with Crippen molar-refractivity contribution in [2.24, 2.45) is 0 Å². The van der Waals surface area contributed by atoms with Gasteiger partial charge in [-0.15, -0.1) is 12.4 Å². The van der Waals surface area contributed by atoms with Gasteiger partial charge < -0.3 is 15.5 Å². The Morgan fingerprint density at radius 1 is 0.926 bits per heavy atom. The maximum atomic E-state index is 13.9. The van der Waals surface area contributed by atoms with Crippen molar-refractivity contribution >= 4 is 29.9 Å². The molecule has 27 heavy (non-hydrogen) atoms.